The predicted octanol–water partition coefficient (Wildman–Crippen LogP) is -3.49. The summed E-state index contributed by atoms with van der Waals surface area (Å²) >= 11 is 0. The van der Waals surface area contributed by atoms with Crippen molar-refractivity contribution in [2.75, 3.05) is 0 Å². The summed E-state index contributed by atoms with van der Waals surface area (Å²) in [6.07, 6.45) is 0. The van der Waals surface area contributed by atoms with Crippen LogP contribution in [0.4, 0.5) is 0 Å². The van der Waals surface area contributed by atoms with E-state index in [4.69, 9.17) is 19.2 Å². The van der Waals surface area contributed by atoms with Crippen molar-refractivity contribution in [2.45, 2.75) is 0 Å². The summed E-state index contributed by atoms with van der Waals surface area (Å²) in [5.74, 6) is 0. The zero-order valence-electron chi connectivity index (χ0n) is 3.81. The van der Waals surface area contributed by atoms with Gasteiger partial charge in [0.1, 0.15) is 0 Å². The van der Waals surface area contributed by atoms with Gasteiger partial charge in [-0.05, 0) is 0 Å². The van der Waals surface area contributed by atoms with Crippen molar-refractivity contribution in [1.82, 2.24) is 0 Å². The summed E-state index contributed by atoms with van der Waals surface area (Å²) in [4.78, 5) is 24.3. The van der Waals surface area contributed by atoms with Crippen molar-refractivity contribution < 1.29 is 19.2 Å². The zero-order valence-corrected chi connectivity index (χ0v) is 12.4. The van der Waals surface area contributed by atoms with E-state index in [0.717, 1.165) is 0 Å². The number of hydrogen-bond donors (Lipinski definition) is 1. The van der Waals surface area contributed by atoms with Gasteiger partial charge in [0.15, 0.2) is 0 Å². The molecule has 0 aliphatic rings. The number of rotatable bonds is 0. The van der Waals surface area contributed by atoms with Crippen molar-refractivity contribution in [3.63, 3.8) is 0 Å². The standard InChI is InChI=1S/AsH2.Ba.H3O4P.S/c;;1-5(2,3)4;/h1H2;;(H3,1,2,3,4);/q2*+2;;-2/p-2. The van der Waals surface area contributed by atoms with Gasteiger partial charge in [0, 0.05) is 0 Å². The van der Waals surface area contributed by atoms with Crippen LogP contribution in [0.2, 0.25) is 0 Å². The second kappa shape index (κ2) is 9.59. The van der Waals surface area contributed by atoms with E-state index >= 15 is 0 Å². The second-order valence-electron chi connectivity index (χ2n) is 0.469. The van der Waals surface area contributed by atoms with Gasteiger partial charge in [-0.3, -0.25) is 0 Å². The van der Waals surface area contributed by atoms with E-state index in [2.05, 4.69) is 0 Å². The number of hydrogen-bond acceptors (Lipinski definition) is 3. The third kappa shape index (κ3) is 73.8. The Kier molecular flexibility index (Phi) is 26.9. The molecule has 1 radical (unpaired) electrons. The van der Waals surface area contributed by atoms with Crippen LogP contribution in [0.1, 0.15) is 0 Å². The molecule has 0 aromatic rings. The van der Waals surface area contributed by atoms with Crippen molar-refractivity contribution in [1.29, 1.82) is 0 Å². The molecule has 4 nitrogen and oxygen atoms in total. The molecule has 0 saturated carbocycles. The summed E-state index contributed by atoms with van der Waals surface area (Å²) in [5, 5.41) is 0. The minimum atomic E-state index is -5.14. The Morgan fingerprint density at radius 2 is 1.38 bits per heavy atom. The maximum absolute atomic E-state index is 8.66. The molecule has 0 atom stereocenters. The zero-order chi connectivity index (χ0) is 4.50. The van der Waals surface area contributed by atoms with Gasteiger partial charge in [-0.2, -0.15) is 0 Å². The van der Waals surface area contributed by atoms with E-state index in [1.54, 1.807) is 0 Å². The van der Waals surface area contributed by atoms with Gasteiger partial charge in [-0.1, -0.05) is 0 Å². The predicted molar refractivity (Wildman–Crippen MR) is 31.5 cm³/mol. The van der Waals surface area contributed by atoms with Crippen LogP contribution >= 0.6 is 7.82 Å². The quantitative estimate of drug-likeness (QED) is 0.366. The van der Waals surface area contributed by atoms with Gasteiger partial charge in [0.2, 0.25) is 0 Å². The van der Waals surface area contributed by atoms with Gasteiger partial charge in [-0.15, -0.1) is 0 Å². The molecule has 0 aromatic heterocycles. The van der Waals surface area contributed by atoms with E-state index in [1.165, 1.54) is 0 Å². The minimum absolute atomic E-state index is 0. The van der Waals surface area contributed by atoms with Gasteiger partial charge < -0.3 is 32.7 Å². The van der Waals surface area contributed by atoms with Gasteiger partial charge >= 0.3 is 66.8 Å². The summed E-state index contributed by atoms with van der Waals surface area (Å²) in [6, 6.07) is 0. The van der Waals surface area contributed by atoms with E-state index in [-0.39, 0.29) is 80.3 Å². The molecule has 0 saturated heterocycles. The first kappa shape index (κ1) is 22.4. The molecule has 45 valence electrons. The second-order valence-corrected chi connectivity index (χ2v) is 1.41. The van der Waals surface area contributed by atoms with E-state index < -0.39 is 7.82 Å². The Morgan fingerprint density at radius 3 is 1.38 bits per heavy atom. The fourth-order valence-electron chi connectivity index (χ4n) is 0. The average molecular weight is 342 g/mol. The van der Waals surface area contributed by atoms with Crippen LogP contribution in [0.25, 0.3) is 0 Å². The van der Waals surface area contributed by atoms with Crippen LogP contribution in [-0.2, 0) is 18.1 Å². The Labute approximate surface area is 106 Å². The average Bonchev–Trinajstić information content (AvgIpc) is 0.722. The molecule has 0 amide bonds. The molecule has 0 fully saturated rings. The van der Waals surface area contributed by atoms with Crippen molar-refractivity contribution in [2.24, 2.45) is 0 Å². The maximum atomic E-state index is 8.66. The van der Waals surface area contributed by atoms with Gasteiger partial charge in [-0.25, -0.2) is 0 Å². The van der Waals surface area contributed by atoms with Crippen LogP contribution in [0.15, 0.2) is 0 Å². The SMILES string of the molecule is O=P([O-])([O-])O.[AsH2+2].[Ba+2].[S-2]. The molecule has 0 aliphatic heterocycles. The molecule has 0 rings (SSSR count). The monoisotopic (exact) mass is 343 g/mol. The summed E-state index contributed by atoms with van der Waals surface area (Å²) in [5.41, 5.74) is 0. The van der Waals surface area contributed by atoms with Crippen LogP contribution in [0.5, 0.6) is 0 Å². The molecule has 8 heteroatoms. The Morgan fingerprint density at radius 1 is 1.38 bits per heavy atom. The molecule has 0 heterocycles. The fourth-order valence-corrected chi connectivity index (χ4v) is 0. The molecule has 0 bridgehead atoms. The van der Waals surface area contributed by atoms with Crippen LogP contribution in [0, 0.1) is 0 Å². The summed E-state index contributed by atoms with van der Waals surface area (Å²) in [7, 11) is -5.14. The topological polar surface area (TPSA) is 83.4 Å². The molecular weight excluding hydrogens is 339 g/mol. The third-order valence-corrected chi connectivity index (χ3v) is 0. The summed E-state index contributed by atoms with van der Waals surface area (Å²) < 4.78 is 8.66. The van der Waals surface area contributed by atoms with Crippen molar-refractivity contribution in [3.8, 4) is 0 Å². The van der Waals surface area contributed by atoms with Gasteiger partial charge in [0.25, 0.3) is 0 Å². The van der Waals surface area contributed by atoms with Gasteiger partial charge in [0.05, 0.1) is 7.82 Å². The Balaban J connectivity index is -0.0000000267. The van der Waals surface area contributed by atoms with E-state index in [0.29, 0.717) is 0 Å². The number of phosphoric acid groups is 1. The van der Waals surface area contributed by atoms with E-state index in [9.17, 15) is 0 Å². The van der Waals surface area contributed by atoms with E-state index in [1.807, 2.05) is 0 Å². The summed E-state index contributed by atoms with van der Waals surface area (Å²) in [6.45, 7) is 0. The van der Waals surface area contributed by atoms with Crippen LogP contribution in [0.3, 0.4) is 0 Å². The molecule has 0 unspecified atom stereocenters. The minimum Gasteiger partial charge on any atom is -2.00 e. The molecule has 8 heavy (non-hydrogen) atoms. The Bertz CT molecular complexity index is 62.2. The van der Waals surface area contributed by atoms with Crippen LogP contribution in [-0.4, -0.2) is 71.7 Å². The van der Waals surface area contributed by atoms with Crippen molar-refractivity contribution >= 4 is 88.2 Å². The molecule has 1 N–H and O–H groups in total. The smallest absolute Gasteiger partial charge is 2.00 e. The van der Waals surface area contributed by atoms with Crippen LogP contribution < -0.4 is 9.79 Å². The Hall–Kier alpha value is 2.59. The molecular formula is H3AsBaO4PS. The third-order valence-electron chi connectivity index (χ3n) is 0. The first-order chi connectivity index (χ1) is 2.00. The molecule has 0 aliphatic carbocycles. The molecule has 0 spiro atoms. The maximum Gasteiger partial charge on any atom is 2.00 e. The first-order valence-corrected chi connectivity index (χ1v) is 2.24. The molecule has 0 aromatic carbocycles. The fraction of sp³-hybridized carbons (Fsp3) is 0. The first-order valence-electron chi connectivity index (χ1n) is 0.748. The van der Waals surface area contributed by atoms with Crippen molar-refractivity contribution in [3.05, 3.63) is 0 Å². The largest absolute Gasteiger partial charge is 2.00 e. The normalized spacial score (nSPS) is 7.38.